The minimum atomic E-state index is 0.538. The van der Waals surface area contributed by atoms with E-state index in [0.29, 0.717) is 17.7 Å². The first-order valence-electron chi connectivity index (χ1n) is 6.48. The van der Waals surface area contributed by atoms with Crippen LogP contribution in [0.2, 0.25) is 0 Å². The number of allylic oxidation sites excluding steroid dienone is 1. The molecule has 0 radical (unpaired) electrons. The van der Waals surface area contributed by atoms with E-state index in [2.05, 4.69) is 32.9 Å². The maximum Gasteiger partial charge on any atom is 0.223 e. The van der Waals surface area contributed by atoms with E-state index in [1.54, 1.807) is 18.0 Å². The van der Waals surface area contributed by atoms with Crippen LogP contribution in [0.25, 0.3) is 5.70 Å². The molecule has 1 aromatic heterocycles. The number of nitrogens with two attached hydrogens (primary N) is 1. The van der Waals surface area contributed by atoms with Crippen LogP contribution in [0.3, 0.4) is 0 Å². The van der Waals surface area contributed by atoms with Crippen LogP contribution < -0.4 is 16.4 Å². The normalized spacial score (nSPS) is 20.8. The summed E-state index contributed by atoms with van der Waals surface area (Å²) < 4.78 is 0. The topological polar surface area (TPSA) is 75.9 Å². The Hall–Kier alpha value is -1.69. The number of thioether (sulfide) groups is 1. The Morgan fingerprint density at radius 1 is 1.58 bits per heavy atom. The van der Waals surface area contributed by atoms with Crippen molar-refractivity contribution >= 4 is 23.4 Å². The molecule has 3 rings (SSSR count). The first kappa shape index (κ1) is 12.3. The molecule has 0 bridgehead atoms. The summed E-state index contributed by atoms with van der Waals surface area (Å²) in [5, 5.41) is 9.63. The molecule has 1 aromatic rings. The number of hydrogen-bond donors (Lipinski definition) is 3. The second kappa shape index (κ2) is 5.13. The highest BCUT2D eigenvalue weighted by Crippen LogP contribution is 2.30. The van der Waals surface area contributed by atoms with Gasteiger partial charge in [0.15, 0.2) is 0 Å². The van der Waals surface area contributed by atoms with Crippen molar-refractivity contribution in [3.05, 3.63) is 34.1 Å². The molecule has 5 nitrogen and oxygen atoms in total. The summed E-state index contributed by atoms with van der Waals surface area (Å²) in [6, 6.07) is 2.38. The molecule has 6 heteroatoms. The molecule has 0 aromatic carbocycles. The van der Waals surface area contributed by atoms with Crippen molar-refractivity contribution in [1.29, 1.82) is 0 Å². The lowest BCUT2D eigenvalue weighted by Gasteiger charge is -2.09. The Labute approximate surface area is 116 Å². The fraction of sp³-hybridized carbons (Fsp3) is 0.385. The lowest BCUT2D eigenvalue weighted by Crippen LogP contribution is -2.13. The Balaban J connectivity index is 1.79. The van der Waals surface area contributed by atoms with E-state index < -0.39 is 0 Å². The summed E-state index contributed by atoms with van der Waals surface area (Å²) in [7, 11) is 0. The van der Waals surface area contributed by atoms with Gasteiger partial charge >= 0.3 is 0 Å². The lowest BCUT2D eigenvalue weighted by molar-refractivity contribution is 0.947. The van der Waals surface area contributed by atoms with E-state index in [4.69, 9.17) is 5.73 Å². The van der Waals surface area contributed by atoms with Gasteiger partial charge in [-0.3, -0.25) is 0 Å². The minimum Gasteiger partial charge on any atom is -0.395 e. The number of hydrogen-bond acceptors (Lipinski definition) is 6. The van der Waals surface area contributed by atoms with Gasteiger partial charge in [-0.1, -0.05) is 18.7 Å². The van der Waals surface area contributed by atoms with Crippen LogP contribution in [0, 0.1) is 0 Å². The van der Waals surface area contributed by atoms with Crippen molar-refractivity contribution in [3.8, 4) is 0 Å². The minimum absolute atomic E-state index is 0.538. The molecular weight excluding hydrogens is 258 g/mol. The van der Waals surface area contributed by atoms with Crippen molar-refractivity contribution in [2.24, 2.45) is 5.73 Å². The van der Waals surface area contributed by atoms with Crippen molar-refractivity contribution < 1.29 is 0 Å². The average molecular weight is 275 g/mol. The van der Waals surface area contributed by atoms with E-state index in [1.165, 1.54) is 18.5 Å². The summed E-state index contributed by atoms with van der Waals surface area (Å²) >= 11 is 1.61. The van der Waals surface area contributed by atoms with Crippen LogP contribution in [-0.4, -0.2) is 16.0 Å². The van der Waals surface area contributed by atoms with Crippen LogP contribution in [0.1, 0.15) is 31.9 Å². The molecule has 4 N–H and O–H groups in total. The van der Waals surface area contributed by atoms with Gasteiger partial charge in [0.2, 0.25) is 5.95 Å². The van der Waals surface area contributed by atoms with Crippen LogP contribution in [0.4, 0.5) is 5.95 Å². The maximum absolute atomic E-state index is 6.18. The molecule has 0 saturated heterocycles. The first-order valence-corrected chi connectivity index (χ1v) is 7.36. The van der Waals surface area contributed by atoms with Crippen molar-refractivity contribution in [1.82, 2.24) is 15.3 Å². The van der Waals surface area contributed by atoms with E-state index in [1.807, 2.05) is 6.07 Å². The van der Waals surface area contributed by atoms with Crippen LogP contribution >= 0.6 is 11.8 Å². The molecular formula is C13H17N5S. The Kier molecular flexibility index (Phi) is 3.33. The van der Waals surface area contributed by atoms with Gasteiger partial charge in [-0.25, -0.2) is 9.97 Å². The van der Waals surface area contributed by atoms with E-state index in [0.717, 1.165) is 17.1 Å². The molecule has 2 aliphatic rings. The molecule has 0 amide bonds. The summed E-state index contributed by atoms with van der Waals surface area (Å²) in [6.07, 6.45) is 5.12. The number of nitrogens with zero attached hydrogens (tertiary/aromatic N) is 2. The number of rotatable bonds is 4. The quantitative estimate of drug-likeness (QED) is 0.782. The largest absolute Gasteiger partial charge is 0.395 e. The third-order valence-electron chi connectivity index (χ3n) is 3.06. The fourth-order valence-electron chi connectivity index (χ4n) is 1.74. The summed E-state index contributed by atoms with van der Waals surface area (Å²) in [5.41, 5.74) is 8.80. The standard InChI is InChI=1S/C13H17N5S/c1-2-8-7-19-12(16-8)11(14)10-5-6-15-13(18-10)17-9-3-4-9/h5-7,9,16H,2-4,14H2,1H3,(H,15,17,18)/b12-11+. The smallest absolute Gasteiger partial charge is 0.223 e. The zero-order chi connectivity index (χ0) is 13.2. The molecule has 100 valence electrons. The zero-order valence-corrected chi connectivity index (χ0v) is 11.6. The lowest BCUT2D eigenvalue weighted by atomic mass is 10.3. The van der Waals surface area contributed by atoms with Gasteiger partial charge in [-0.2, -0.15) is 0 Å². The fourth-order valence-corrected chi connectivity index (χ4v) is 2.65. The summed E-state index contributed by atoms with van der Waals surface area (Å²) in [6.45, 7) is 2.11. The summed E-state index contributed by atoms with van der Waals surface area (Å²) in [4.78, 5) is 8.69. The van der Waals surface area contributed by atoms with Crippen LogP contribution in [0.5, 0.6) is 0 Å². The third-order valence-corrected chi connectivity index (χ3v) is 4.02. The highest BCUT2D eigenvalue weighted by Gasteiger charge is 2.22. The Bertz CT molecular complexity index is 548. The zero-order valence-electron chi connectivity index (χ0n) is 10.8. The van der Waals surface area contributed by atoms with E-state index in [-0.39, 0.29) is 0 Å². The first-order chi connectivity index (χ1) is 9.26. The van der Waals surface area contributed by atoms with Crippen molar-refractivity contribution in [3.63, 3.8) is 0 Å². The molecule has 1 saturated carbocycles. The van der Waals surface area contributed by atoms with Gasteiger partial charge in [-0.15, -0.1) is 0 Å². The summed E-state index contributed by atoms with van der Waals surface area (Å²) in [5.74, 6) is 0.662. The van der Waals surface area contributed by atoms with Gasteiger partial charge in [0.25, 0.3) is 0 Å². The number of aromatic nitrogens is 2. The van der Waals surface area contributed by atoms with Gasteiger partial charge in [-0.05, 0) is 30.7 Å². The molecule has 1 aliphatic carbocycles. The predicted molar refractivity (Wildman–Crippen MR) is 78.9 cm³/mol. The van der Waals surface area contributed by atoms with Gasteiger partial charge in [0.05, 0.1) is 11.4 Å². The number of anilines is 1. The third kappa shape index (κ3) is 2.84. The second-order valence-corrected chi connectivity index (χ2v) is 5.55. The molecule has 0 spiro atoms. The highest BCUT2D eigenvalue weighted by molar-refractivity contribution is 8.06. The molecule has 1 fully saturated rings. The maximum atomic E-state index is 6.18. The predicted octanol–water partition coefficient (Wildman–Crippen LogP) is 2.22. The number of nitrogens with one attached hydrogen (secondary N) is 2. The van der Waals surface area contributed by atoms with Crippen LogP contribution in [-0.2, 0) is 0 Å². The Morgan fingerprint density at radius 2 is 2.42 bits per heavy atom. The molecule has 0 atom stereocenters. The molecule has 1 aliphatic heterocycles. The van der Waals surface area contributed by atoms with Gasteiger partial charge < -0.3 is 16.4 Å². The van der Waals surface area contributed by atoms with Crippen molar-refractivity contribution in [2.75, 3.05) is 5.32 Å². The average Bonchev–Trinajstić information content (AvgIpc) is 3.11. The second-order valence-electron chi connectivity index (χ2n) is 4.67. The monoisotopic (exact) mass is 275 g/mol. The SMILES string of the molecule is CCC1=CS/C(=C(/N)c2ccnc(NC3CC3)n2)N1. The van der Waals surface area contributed by atoms with Crippen molar-refractivity contribution in [2.45, 2.75) is 32.2 Å². The molecule has 2 heterocycles. The highest BCUT2D eigenvalue weighted by atomic mass is 32.2. The van der Waals surface area contributed by atoms with Gasteiger partial charge in [0, 0.05) is 17.9 Å². The Morgan fingerprint density at radius 3 is 3.11 bits per heavy atom. The van der Waals surface area contributed by atoms with E-state index in [9.17, 15) is 0 Å². The van der Waals surface area contributed by atoms with Crippen LogP contribution in [0.15, 0.2) is 28.4 Å². The van der Waals surface area contributed by atoms with E-state index >= 15 is 0 Å². The molecule has 0 unspecified atom stereocenters. The van der Waals surface area contributed by atoms with Gasteiger partial charge in [0.1, 0.15) is 5.03 Å². The molecule has 19 heavy (non-hydrogen) atoms.